The van der Waals surface area contributed by atoms with Crippen LogP contribution in [-0.4, -0.2) is 23.8 Å². The molecule has 0 aliphatic heterocycles. The van der Waals surface area contributed by atoms with Crippen molar-refractivity contribution in [3.05, 3.63) is 86.6 Å². The summed E-state index contributed by atoms with van der Waals surface area (Å²) >= 11 is 3.51. The van der Waals surface area contributed by atoms with Gasteiger partial charge in [0.15, 0.2) is 11.5 Å². The average Bonchev–Trinajstić information content (AvgIpc) is 2.87. The Kier molecular flexibility index (Phi) is 10.6. The van der Waals surface area contributed by atoms with Crippen LogP contribution in [0.5, 0.6) is 17.2 Å². The highest BCUT2D eigenvalue weighted by molar-refractivity contribution is 9.10. The fourth-order valence-corrected chi connectivity index (χ4v) is 4.88. The number of carbonyl (C=O) groups excluding carboxylic acids is 1. The van der Waals surface area contributed by atoms with Crippen LogP contribution in [0.25, 0.3) is 0 Å². The van der Waals surface area contributed by atoms with Gasteiger partial charge in [-0.2, -0.15) is 5.10 Å². The first-order chi connectivity index (χ1) is 19.2. The van der Waals surface area contributed by atoms with Gasteiger partial charge in [0.1, 0.15) is 18.2 Å². The van der Waals surface area contributed by atoms with Crippen LogP contribution in [0.2, 0.25) is 0 Å². The molecule has 8 heteroatoms. The molecule has 0 radical (unpaired) electrons. The second-order valence-electron chi connectivity index (χ2n) is 12.0. The summed E-state index contributed by atoms with van der Waals surface area (Å²) in [5.41, 5.74) is 5.97. The number of hydrogen-bond donors (Lipinski definition) is 2. The number of hydrazone groups is 1. The Morgan fingerprint density at radius 2 is 1.66 bits per heavy atom. The van der Waals surface area contributed by atoms with Crippen LogP contribution in [0.3, 0.4) is 0 Å². The minimum atomic E-state index is -0.337. The average molecular weight is 628 g/mol. The summed E-state index contributed by atoms with van der Waals surface area (Å²) in [6.45, 7) is 14.7. The number of hydrogen-bond acceptors (Lipinski definition) is 5. The lowest BCUT2D eigenvalue weighted by Gasteiger charge is -2.28. The summed E-state index contributed by atoms with van der Waals surface area (Å²) < 4.78 is 26.3. The maximum absolute atomic E-state index is 14.0. The maximum Gasteiger partial charge on any atom is 0.240 e. The summed E-state index contributed by atoms with van der Waals surface area (Å²) in [7, 11) is 0. The number of halogens is 2. The Morgan fingerprint density at radius 3 is 2.24 bits per heavy atom. The molecule has 0 atom stereocenters. The standard InChI is InChI=1S/C33H40BrFN2O4/c1-8-40-28-18-22(17-26(34)31(28)41-20-23-11-9-10-12-27(23)35)19-36-37-29(38)14-13-21-15-24(32(2,3)4)30(39)25(16-21)33(5,6)7/h9-12,15-19,39H,8,13-14,20H2,1-7H3,(H,37,38)/b36-19-. The van der Waals surface area contributed by atoms with E-state index >= 15 is 0 Å². The zero-order chi connectivity index (χ0) is 30.4. The first-order valence-corrected chi connectivity index (χ1v) is 14.5. The normalized spacial score (nSPS) is 12.0. The lowest BCUT2D eigenvalue weighted by Crippen LogP contribution is -2.20. The minimum absolute atomic E-state index is 0.0460. The molecule has 0 aromatic heterocycles. The van der Waals surface area contributed by atoms with E-state index in [0.717, 1.165) is 16.7 Å². The van der Waals surface area contributed by atoms with Crippen LogP contribution >= 0.6 is 15.9 Å². The molecule has 3 aromatic carbocycles. The van der Waals surface area contributed by atoms with Crippen molar-refractivity contribution in [2.75, 3.05) is 6.61 Å². The summed E-state index contributed by atoms with van der Waals surface area (Å²) in [5, 5.41) is 15.1. The molecule has 2 N–H and O–H groups in total. The van der Waals surface area contributed by atoms with E-state index in [9.17, 15) is 14.3 Å². The van der Waals surface area contributed by atoms with Crippen LogP contribution in [0.4, 0.5) is 4.39 Å². The van der Waals surface area contributed by atoms with Gasteiger partial charge in [-0.1, -0.05) is 71.9 Å². The molecule has 0 saturated carbocycles. The molecule has 41 heavy (non-hydrogen) atoms. The summed E-state index contributed by atoms with van der Waals surface area (Å²) in [5.74, 6) is 0.690. The zero-order valence-electron chi connectivity index (χ0n) is 24.9. The molecular formula is C33H40BrFN2O4. The van der Waals surface area contributed by atoms with Crippen LogP contribution < -0.4 is 14.9 Å². The number of phenolic OH excluding ortho intramolecular Hbond substituents is 1. The highest BCUT2D eigenvalue weighted by Gasteiger charge is 2.26. The Labute approximate surface area is 251 Å². The van der Waals surface area contributed by atoms with Gasteiger partial charge in [-0.15, -0.1) is 0 Å². The van der Waals surface area contributed by atoms with Crippen molar-refractivity contribution >= 4 is 28.1 Å². The SMILES string of the molecule is CCOc1cc(/C=N\NC(=O)CCc2cc(C(C)(C)C)c(O)c(C(C)(C)C)c2)cc(Br)c1OCc1ccccc1F. The van der Waals surface area contributed by atoms with Crippen molar-refractivity contribution in [2.24, 2.45) is 5.10 Å². The first-order valence-electron chi connectivity index (χ1n) is 13.7. The van der Waals surface area contributed by atoms with E-state index in [1.54, 1.807) is 30.3 Å². The van der Waals surface area contributed by atoms with E-state index in [-0.39, 0.29) is 35.6 Å². The van der Waals surface area contributed by atoms with Gasteiger partial charge in [0.2, 0.25) is 5.91 Å². The van der Waals surface area contributed by atoms with Crippen molar-refractivity contribution in [2.45, 2.75) is 78.7 Å². The van der Waals surface area contributed by atoms with Gasteiger partial charge in [-0.25, -0.2) is 9.82 Å². The van der Waals surface area contributed by atoms with Crippen LogP contribution in [-0.2, 0) is 28.7 Å². The summed E-state index contributed by atoms with van der Waals surface area (Å²) in [4.78, 5) is 12.6. The van der Waals surface area contributed by atoms with E-state index in [1.165, 1.54) is 12.3 Å². The number of carbonyl (C=O) groups is 1. The topological polar surface area (TPSA) is 80.2 Å². The smallest absolute Gasteiger partial charge is 0.240 e. The van der Waals surface area contributed by atoms with E-state index < -0.39 is 0 Å². The highest BCUT2D eigenvalue weighted by Crippen LogP contribution is 2.40. The first kappa shape index (κ1) is 32.1. The molecule has 0 saturated heterocycles. The Bertz CT molecular complexity index is 1370. The third kappa shape index (κ3) is 8.80. The maximum atomic E-state index is 14.0. The molecule has 0 aliphatic rings. The molecule has 0 unspecified atom stereocenters. The Balaban J connectivity index is 1.68. The number of benzene rings is 3. The van der Waals surface area contributed by atoms with Crippen molar-refractivity contribution in [3.63, 3.8) is 0 Å². The van der Waals surface area contributed by atoms with E-state index in [4.69, 9.17) is 9.47 Å². The van der Waals surface area contributed by atoms with Gasteiger partial charge < -0.3 is 14.6 Å². The largest absolute Gasteiger partial charge is 0.507 e. The molecular weight excluding hydrogens is 587 g/mol. The number of ether oxygens (including phenoxy) is 2. The van der Waals surface area contributed by atoms with Crippen LogP contribution in [0.1, 0.15) is 82.7 Å². The molecule has 0 spiro atoms. The van der Waals surface area contributed by atoms with Crippen molar-refractivity contribution < 1.29 is 23.8 Å². The molecule has 6 nitrogen and oxygen atoms in total. The number of aromatic hydroxyl groups is 1. The molecule has 3 rings (SSSR count). The Hall–Kier alpha value is -3.39. The quantitative estimate of drug-likeness (QED) is 0.177. The summed E-state index contributed by atoms with van der Waals surface area (Å²) in [6, 6.07) is 14.0. The number of rotatable bonds is 10. The van der Waals surface area contributed by atoms with Crippen LogP contribution in [0, 0.1) is 5.82 Å². The zero-order valence-corrected chi connectivity index (χ0v) is 26.5. The number of nitrogens with zero attached hydrogens (tertiary/aromatic N) is 1. The van der Waals surface area contributed by atoms with Gasteiger partial charge in [-0.05, 0) is 80.6 Å². The number of aryl methyl sites for hydroxylation is 1. The van der Waals surface area contributed by atoms with Gasteiger partial charge in [-0.3, -0.25) is 4.79 Å². The van der Waals surface area contributed by atoms with Crippen molar-refractivity contribution in [3.8, 4) is 17.2 Å². The van der Waals surface area contributed by atoms with E-state index in [1.807, 2.05) is 19.1 Å². The minimum Gasteiger partial charge on any atom is -0.507 e. The fourth-order valence-electron chi connectivity index (χ4n) is 4.31. The monoisotopic (exact) mass is 626 g/mol. The molecule has 3 aromatic rings. The lowest BCUT2D eigenvalue weighted by atomic mass is 9.78. The Morgan fingerprint density at radius 1 is 1.02 bits per heavy atom. The predicted molar refractivity (Wildman–Crippen MR) is 166 cm³/mol. The van der Waals surface area contributed by atoms with Gasteiger partial charge in [0.05, 0.1) is 17.3 Å². The second kappa shape index (κ2) is 13.5. The molecule has 0 bridgehead atoms. The number of phenols is 1. The predicted octanol–water partition coefficient (Wildman–Crippen LogP) is 7.95. The lowest BCUT2D eigenvalue weighted by molar-refractivity contribution is -0.121. The number of amides is 1. The summed E-state index contributed by atoms with van der Waals surface area (Å²) in [6.07, 6.45) is 2.29. The van der Waals surface area contributed by atoms with E-state index in [0.29, 0.717) is 45.9 Å². The fraction of sp³-hybridized carbons (Fsp3) is 0.394. The molecule has 0 aliphatic carbocycles. The number of nitrogens with one attached hydrogen (secondary N) is 1. The van der Waals surface area contributed by atoms with Crippen molar-refractivity contribution in [1.29, 1.82) is 0 Å². The van der Waals surface area contributed by atoms with Gasteiger partial charge in [0.25, 0.3) is 0 Å². The van der Waals surface area contributed by atoms with E-state index in [2.05, 4.69) is 68.0 Å². The van der Waals surface area contributed by atoms with Crippen molar-refractivity contribution in [1.82, 2.24) is 5.43 Å². The third-order valence-electron chi connectivity index (χ3n) is 6.49. The molecule has 220 valence electrons. The van der Waals surface area contributed by atoms with Gasteiger partial charge >= 0.3 is 0 Å². The van der Waals surface area contributed by atoms with Gasteiger partial charge in [0, 0.05) is 12.0 Å². The highest BCUT2D eigenvalue weighted by atomic mass is 79.9. The van der Waals surface area contributed by atoms with Crippen LogP contribution in [0.15, 0.2) is 58.1 Å². The second-order valence-corrected chi connectivity index (χ2v) is 12.8. The molecule has 0 heterocycles. The molecule has 0 fully saturated rings. The third-order valence-corrected chi connectivity index (χ3v) is 7.08. The molecule has 1 amide bonds.